The SMILES string of the molecule is Brc1ccc2c(-c3ccc4ccccc4c3)c3ccccc3c(-c3ccc4ccccc4c3)c2c1.c1ccc(N(c2ccc3c(-c4ccc5ccccc5c4)c4ccccc4c(-c4ccc5ccccc5c4)c3c2)c2ccc3ccccc3n2)nc1.c1ccc(Nc2ccc3ccccc3n2)nc1. The van der Waals surface area contributed by atoms with Crippen LogP contribution in [0.5, 0.6) is 0 Å². The topological polar surface area (TPSA) is 66.8 Å². The highest BCUT2D eigenvalue weighted by Crippen LogP contribution is 2.49. The fourth-order valence-electron chi connectivity index (χ4n) is 14.8. The molecule has 0 saturated carbocycles. The molecule has 0 unspecified atom stereocenters. The molecular formula is C96H63BrN6. The summed E-state index contributed by atoms with van der Waals surface area (Å²) in [7, 11) is 0. The first-order chi connectivity index (χ1) is 51.0. The van der Waals surface area contributed by atoms with Gasteiger partial charge in [-0.25, -0.2) is 19.9 Å². The number of halogens is 1. The van der Waals surface area contributed by atoms with E-state index in [1.807, 2.05) is 85.1 Å². The van der Waals surface area contributed by atoms with E-state index in [0.29, 0.717) is 0 Å². The summed E-state index contributed by atoms with van der Waals surface area (Å²) < 4.78 is 1.09. The normalized spacial score (nSPS) is 11.3. The van der Waals surface area contributed by atoms with Crippen molar-refractivity contribution in [3.05, 3.63) is 381 Å². The zero-order valence-electron chi connectivity index (χ0n) is 55.9. The van der Waals surface area contributed by atoms with Crippen molar-refractivity contribution >= 4 is 153 Å². The lowest BCUT2D eigenvalue weighted by atomic mass is 9.85. The molecule has 16 aromatic carbocycles. The van der Waals surface area contributed by atoms with Crippen LogP contribution in [0.1, 0.15) is 0 Å². The maximum Gasteiger partial charge on any atom is 0.139 e. The summed E-state index contributed by atoms with van der Waals surface area (Å²) in [6.07, 6.45) is 3.60. The Bertz CT molecular complexity index is 6640. The van der Waals surface area contributed by atoms with Crippen LogP contribution in [0, 0.1) is 0 Å². The molecule has 103 heavy (non-hydrogen) atoms. The molecule has 4 heterocycles. The van der Waals surface area contributed by atoms with Crippen molar-refractivity contribution in [2.24, 2.45) is 0 Å². The number of para-hydroxylation sites is 2. The van der Waals surface area contributed by atoms with Gasteiger partial charge in [-0.3, -0.25) is 4.90 Å². The Labute approximate surface area is 604 Å². The van der Waals surface area contributed by atoms with E-state index < -0.39 is 0 Å². The number of fused-ring (bicyclic) bond motifs is 10. The van der Waals surface area contributed by atoms with Gasteiger partial charge in [0.25, 0.3) is 0 Å². The number of rotatable bonds is 9. The number of hydrogen-bond acceptors (Lipinski definition) is 6. The van der Waals surface area contributed by atoms with Crippen LogP contribution in [0.3, 0.4) is 0 Å². The fourth-order valence-corrected chi connectivity index (χ4v) is 15.2. The smallest absolute Gasteiger partial charge is 0.139 e. The molecule has 0 radical (unpaired) electrons. The average Bonchev–Trinajstić information content (AvgIpc) is 0.734. The lowest BCUT2D eigenvalue weighted by molar-refractivity contribution is 1.14. The minimum Gasteiger partial charge on any atom is -0.325 e. The molecule has 0 aliphatic rings. The molecule has 20 rings (SSSR count). The van der Waals surface area contributed by atoms with E-state index in [-0.39, 0.29) is 0 Å². The summed E-state index contributed by atoms with van der Waals surface area (Å²) in [4.78, 5) is 20.9. The first-order valence-electron chi connectivity index (χ1n) is 34.7. The van der Waals surface area contributed by atoms with Gasteiger partial charge in [0.2, 0.25) is 0 Å². The number of anilines is 5. The third-order valence-corrected chi connectivity index (χ3v) is 20.1. The van der Waals surface area contributed by atoms with Crippen LogP contribution in [0.4, 0.5) is 29.0 Å². The van der Waals surface area contributed by atoms with Crippen molar-refractivity contribution in [2.45, 2.75) is 0 Å². The van der Waals surface area contributed by atoms with Crippen LogP contribution in [0.25, 0.3) is 152 Å². The highest BCUT2D eigenvalue weighted by molar-refractivity contribution is 9.10. The Kier molecular flexibility index (Phi) is 16.4. The van der Waals surface area contributed by atoms with Gasteiger partial charge in [-0.05, 0) is 240 Å². The highest BCUT2D eigenvalue weighted by atomic mass is 79.9. The second kappa shape index (κ2) is 27.1. The van der Waals surface area contributed by atoms with Crippen LogP contribution in [-0.2, 0) is 0 Å². The van der Waals surface area contributed by atoms with Crippen molar-refractivity contribution in [1.82, 2.24) is 19.9 Å². The van der Waals surface area contributed by atoms with Gasteiger partial charge in [-0.1, -0.05) is 271 Å². The van der Waals surface area contributed by atoms with Crippen molar-refractivity contribution < 1.29 is 0 Å². The summed E-state index contributed by atoms with van der Waals surface area (Å²) in [5, 5.41) is 25.3. The standard InChI is InChI=1S/C48H31N3.C34H21Br.C14H11N3/c1-3-14-35-29-37(22-20-32(35)11-1)47-40-16-6-7-17-41(40)48(38-23-21-33-12-2-4-15-36(33)30-38)43-31-39(25-26-42(43)47)51(45-19-9-10-28-49-45)46-27-24-34-13-5-8-18-44(34)50-46;35-28-17-18-31-32(21-28)34(27-16-14-23-8-2-4-10-25(23)20-27)30-12-6-5-11-29(30)33(31)26-15-13-22-7-1-3-9-24(22)19-26;1-2-6-12-11(5-1)8-9-14(16-12)17-13-7-3-4-10-15-13/h1-31H;1-21H;1-10H,(H,15,16,17). The second-order valence-electron chi connectivity index (χ2n) is 25.9. The van der Waals surface area contributed by atoms with Gasteiger partial charge in [0.15, 0.2) is 0 Å². The fraction of sp³-hybridized carbons (Fsp3) is 0. The van der Waals surface area contributed by atoms with Gasteiger partial charge in [0.05, 0.1) is 11.0 Å². The van der Waals surface area contributed by atoms with E-state index in [0.717, 1.165) is 55.2 Å². The summed E-state index contributed by atoms with van der Waals surface area (Å²) in [5.74, 6) is 3.23. The number of benzene rings is 16. The predicted octanol–water partition coefficient (Wildman–Crippen LogP) is 26.8. The zero-order chi connectivity index (χ0) is 68.6. The molecule has 0 spiro atoms. The van der Waals surface area contributed by atoms with Crippen molar-refractivity contribution in [3.8, 4) is 44.5 Å². The first kappa shape index (κ1) is 62.1. The number of pyridine rings is 4. The van der Waals surface area contributed by atoms with E-state index in [1.165, 1.54) is 131 Å². The largest absolute Gasteiger partial charge is 0.325 e. The number of hydrogen-bond donors (Lipinski definition) is 1. The van der Waals surface area contributed by atoms with Crippen LogP contribution >= 0.6 is 15.9 Å². The Balaban J connectivity index is 0.000000125. The van der Waals surface area contributed by atoms with Crippen molar-refractivity contribution in [3.63, 3.8) is 0 Å². The molecule has 0 saturated heterocycles. The molecule has 0 aliphatic carbocycles. The van der Waals surface area contributed by atoms with Crippen molar-refractivity contribution in [1.29, 1.82) is 0 Å². The minimum absolute atomic E-state index is 0.801. The molecule has 7 heteroatoms. The quantitative estimate of drug-likeness (QED) is 0.145. The van der Waals surface area contributed by atoms with Gasteiger partial charge >= 0.3 is 0 Å². The molecular weight excluding hydrogens is 1320 g/mol. The minimum atomic E-state index is 0.801. The number of aromatic nitrogens is 4. The van der Waals surface area contributed by atoms with Gasteiger partial charge in [-0.15, -0.1) is 0 Å². The lowest BCUT2D eigenvalue weighted by Crippen LogP contribution is -2.13. The predicted molar refractivity (Wildman–Crippen MR) is 439 cm³/mol. The molecule has 0 fully saturated rings. The van der Waals surface area contributed by atoms with Gasteiger partial charge in [0.1, 0.15) is 23.3 Å². The number of nitrogens with one attached hydrogen (secondary N) is 1. The highest BCUT2D eigenvalue weighted by Gasteiger charge is 2.23. The van der Waals surface area contributed by atoms with Crippen LogP contribution < -0.4 is 10.2 Å². The van der Waals surface area contributed by atoms with Gasteiger partial charge in [-0.2, -0.15) is 0 Å². The zero-order valence-corrected chi connectivity index (χ0v) is 57.5. The maximum atomic E-state index is 5.15. The van der Waals surface area contributed by atoms with E-state index in [9.17, 15) is 0 Å². The van der Waals surface area contributed by atoms with Gasteiger partial charge in [0, 0.05) is 33.3 Å². The Morgan fingerprint density at radius 2 is 0.602 bits per heavy atom. The van der Waals surface area contributed by atoms with Crippen LogP contribution in [0.2, 0.25) is 0 Å². The van der Waals surface area contributed by atoms with E-state index in [1.54, 1.807) is 6.20 Å². The van der Waals surface area contributed by atoms with E-state index >= 15 is 0 Å². The third-order valence-electron chi connectivity index (χ3n) is 19.6. The molecule has 1 N–H and O–H groups in total. The molecule has 6 nitrogen and oxygen atoms in total. The Hall–Kier alpha value is -13.2. The van der Waals surface area contributed by atoms with Crippen LogP contribution in [0.15, 0.2) is 381 Å². The summed E-state index contributed by atoms with van der Waals surface area (Å²) >= 11 is 3.76. The first-order valence-corrected chi connectivity index (χ1v) is 35.5. The van der Waals surface area contributed by atoms with Crippen molar-refractivity contribution in [2.75, 3.05) is 10.2 Å². The van der Waals surface area contributed by atoms with E-state index in [2.05, 4.69) is 321 Å². The molecule has 20 aromatic rings. The molecule has 484 valence electrons. The Morgan fingerprint density at radius 1 is 0.233 bits per heavy atom. The van der Waals surface area contributed by atoms with Crippen LogP contribution in [-0.4, -0.2) is 19.9 Å². The Morgan fingerprint density at radius 3 is 1.07 bits per heavy atom. The summed E-state index contributed by atoms with van der Waals surface area (Å²) in [6, 6.07) is 129. The lowest BCUT2D eigenvalue weighted by Gasteiger charge is -2.25. The summed E-state index contributed by atoms with van der Waals surface area (Å²) in [6.45, 7) is 0. The maximum absolute atomic E-state index is 5.15. The molecule has 0 bridgehead atoms. The monoisotopic (exact) mass is 1380 g/mol. The second-order valence-corrected chi connectivity index (χ2v) is 26.8. The van der Waals surface area contributed by atoms with E-state index in [4.69, 9.17) is 9.97 Å². The molecule has 0 amide bonds. The molecule has 4 aromatic heterocycles. The number of nitrogens with zero attached hydrogens (tertiary/aromatic N) is 5. The molecule has 0 atom stereocenters. The third kappa shape index (κ3) is 12.1. The summed E-state index contributed by atoms with van der Waals surface area (Å²) in [5.41, 5.74) is 12.8. The molecule has 0 aliphatic heterocycles. The van der Waals surface area contributed by atoms with Gasteiger partial charge < -0.3 is 5.32 Å². The average molecular weight is 1380 g/mol.